The van der Waals surface area contributed by atoms with E-state index in [2.05, 4.69) is 5.32 Å². The smallest absolute Gasteiger partial charge is 0.142 e. The number of halogens is 4. The maximum atomic E-state index is 6.16. The summed E-state index contributed by atoms with van der Waals surface area (Å²) < 4.78 is 5.26. The van der Waals surface area contributed by atoms with Crippen molar-refractivity contribution in [1.29, 1.82) is 0 Å². The zero-order valence-corrected chi connectivity index (χ0v) is 13.5. The number of hydrogen-bond acceptors (Lipinski definition) is 2. The molecule has 0 aliphatic heterocycles. The first-order valence-electron chi connectivity index (χ1n) is 5.72. The van der Waals surface area contributed by atoms with Crippen LogP contribution in [0.3, 0.4) is 0 Å². The summed E-state index contributed by atoms with van der Waals surface area (Å²) >= 11 is 24.2. The van der Waals surface area contributed by atoms with Crippen LogP contribution in [0.25, 0.3) is 0 Å². The lowest BCUT2D eigenvalue weighted by Gasteiger charge is -2.14. The lowest BCUT2D eigenvalue weighted by atomic mass is 10.2. The van der Waals surface area contributed by atoms with Crippen molar-refractivity contribution >= 4 is 52.1 Å². The molecule has 20 heavy (non-hydrogen) atoms. The maximum absolute atomic E-state index is 6.16. The summed E-state index contributed by atoms with van der Waals surface area (Å²) in [5, 5.41) is 5.25. The van der Waals surface area contributed by atoms with E-state index in [0.717, 1.165) is 11.3 Å². The Morgan fingerprint density at radius 3 is 2.40 bits per heavy atom. The molecule has 2 nitrogen and oxygen atoms in total. The van der Waals surface area contributed by atoms with Crippen molar-refractivity contribution < 1.29 is 4.74 Å². The highest BCUT2D eigenvalue weighted by molar-refractivity contribution is 6.44. The fraction of sp³-hybridized carbons (Fsp3) is 0.143. The van der Waals surface area contributed by atoms with E-state index in [9.17, 15) is 0 Å². The van der Waals surface area contributed by atoms with Crippen LogP contribution in [0.2, 0.25) is 20.1 Å². The van der Waals surface area contributed by atoms with Crippen molar-refractivity contribution in [3.8, 4) is 5.75 Å². The second kappa shape index (κ2) is 6.77. The Bertz CT molecular complexity index is 631. The highest BCUT2D eigenvalue weighted by atomic mass is 35.5. The molecule has 2 aromatic carbocycles. The zero-order chi connectivity index (χ0) is 14.7. The summed E-state index contributed by atoms with van der Waals surface area (Å²) in [6, 6.07) is 8.68. The van der Waals surface area contributed by atoms with Gasteiger partial charge in [0, 0.05) is 22.2 Å². The predicted octanol–water partition coefficient (Wildman–Crippen LogP) is 5.92. The van der Waals surface area contributed by atoms with Crippen LogP contribution in [0, 0.1) is 0 Å². The van der Waals surface area contributed by atoms with Gasteiger partial charge in [0.15, 0.2) is 0 Å². The molecule has 0 amide bonds. The molecule has 6 heteroatoms. The average molecular weight is 351 g/mol. The third-order valence-electron chi connectivity index (χ3n) is 2.76. The molecule has 0 aromatic heterocycles. The third-order valence-corrected chi connectivity index (χ3v) is 4.19. The van der Waals surface area contributed by atoms with Crippen molar-refractivity contribution in [2.45, 2.75) is 6.54 Å². The first-order chi connectivity index (χ1) is 9.52. The topological polar surface area (TPSA) is 21.3 Å². The van der Waals surface area contributed by atoms with Gasteiger partial charge >= 0.3 is 0 Å². The molecule has 0 radical (unpaired) electrons. The quantitative estimate of drug-likeness (QED) is 0.691. The number of methoxy groups -OCH3 is 1. The molecule has 0 fully saturated rings. The average Bonchev–Trinajstić information content (AvgIpc) is 2.43. The molecule has 2 rings (SSSR count). The predicted molar refractivity (Wildman–Crippen MR) is 86.8 cm³/mol. The number of benzene rings is 2. The molecule has 0 heterocycles. The molecule has 0 spiro atoms. The van der Waals surface area contributed by atoms with Gasteiger partial charge < -0.3 is 10.1 Å². The highest BCUT2D eigenvalue weighted by Crippen LogP contribution is 2.33. The molecular weight excluding hydrogens is 340 g/mol. The second-order valence-corrected chi connectivity index (χ2v) is 5.65. The van der Waals surface area contributed by atoms with E-state index in [0.29, 0.717) is 32.4 Å². The zero-order valence-electron chi connectivity index (χ0n) is 10.5. The van der Waals surface area contributed by atoms with Gasteiger partial charge in [-0.15, -0.1) is 0 Å². The minimum Gasteiger partial charge on any atom is -0.495 e. The first kappa shape index (κ1) is 15.6. The van der Waals surface area contributed by atoms with Crippen LogP contribution >= 0.6 is 46.4 Å². The fourth-order valence-corrected chi connectivity index (χ4v) is 2.59. The summed E-state index contributed by atoms with van der Waals surface area (Å²) in [4.78, 5) is 0. The van der Waals surface area contributed by atoms with Gasteiger partial charge in [0.1, 0.15) is 5.75 Å². The molecule has 2 aromatic rings. The van der Waals surface area contributed by atoms with E-state index in [-0.39, 0.29) is 0 Å². The molecule has 0 saturated carbocycles. The monoisotopic (exact) mass is 349 g/mol. The van der Waals surface area contributed by atoms with E-state index in [1.165, 1.54) is 0 Å². The van der Waals surface area contributed by atoms with Gasteiger partial charge in [-0.1, -0.05) is 46.4 Å². The third kappa shape index (κ3) is 3.44. The van der Waals surface area contributed by atoms with Crippen LogP contribution in [0.1, 0.15) is 5.56 Å². The summed E-state index contributed by atoms with van der Waals surface area (Å²) in [7, 11) is 1.59. The Morgan fingerprint density at radius 2 is 1.70 bits per heavy atom. The second-order valence-electron chi connectivity index (χ2n) is 4.02. The minimum absolute atomic E-state index is 0.412. The van der Waals surface area contributed by atoms with Crippen LogP contribution in [0.5, 0.6) is 5.75 Å². The highest BCUT2D eigenvalue weighted by Gasteiger charge is 2.11. The summed E-state index contributed by atoms with van der Waals surface area (Å²) in [6.45, 7) is 0.412. The molecule has 106 valence electrons. The van der Waals surface area contributed by atoms with E-state index in [1.807, 2.05) is 0 Å². The Kier molecular flexibility index (Phi) is 5.28. The number of nitrogens with one attached hydrogen (secondary N) is 1. The van der Waals surface area contributed by atoms with Gasteiger partial charge in [-0.05, 0) is 30.3 Å². The molecule has 0 aliphatic carbocycles. The number of hydrogen-bond donors (Lipinski definition) is 1. The van der Waals surface area contributed by atoms with E-state index in [1.54, 1.807) is 37.4 Å². The molecule has 0 bridgehead atoms. The van der Waals surface area contributed by atoms with Gasteiger partial charge in [0.05, 0.1) is 22.8 Å². The largest absolute Gasteiger partial charge is 0.495 e. The van der Waals surface area contributed by atoms with Crippen molar-refractivity contribution in [3.63, 3.8) is 0 Å². The molecule has 1 N–H and O–H groups in total. The molecular formula is C14H11Cl4NO. The SMILES string of the molecule is COc1ccc(Cl)cc1NCc1c(Cl)ccc(Cl)c1Cl. The lowest BCUT2D eigenvalue weighted by Crippen LogP contribution is -2.03. The molecule has 0 unspecified atom stereocenters. The van der Waals surface area contributed by atoms with Gasteiger partial charge in [0.25, 0.3) is 0 Å². The van der Waals surface area contributed by atoms with Crippen LogP contribution in [0.15, 0.2) is 30.3 Å². The van der Waals surface area contributed by atoms with Crippen molar-refractivity contribution in [2.24, 2.45) is 0 Å². The Hall–Kier alpha value is -0.800. The summed E-state index contributed by atoms with van der Waals surface area (Å²) in [6.07, 6.45) is 0. The normalized spacial score (nSPS) is 10.4. The van der Waals surface area contributed by atoms with Crippen LogP contribution < -0.4 is 10.1 Å². The number of ether oxygens (including phenoxy) is 1. The summed E-state index contributed by atoms with van der Waals surface area (Å²) in [5.74, 6) is 0.684. The lowest BCUT2D eigenvalue weighted by molar-refractivity contribution is 0.416. The van der Waals surface area contributed by atoms with Gasteiger partial charge in [-0.3, -0.25) is 0 Å². The Balaban J connectivity index is 2.25. The number of rotatable bonds is 4. The Labute approximate surface area is 137 Å². The molecule has 0 aliphatic rings. The van der Waals surface area contributed by atoms with E-state index in [4.69, 9.17) is 51.1 Å². The minimum atomic E-state index is 0.412. The number of anilines is 1. The molecule has 0 atom stereocenters. The van der Waals surface area contributed by atoms with Crippen molar-refractivity contribution in [3.05, 3.63) is 56.0 Å². The Morgan fingerprint density at radius 1 is 1.00 bits per heavy atom. The van der Waals surface area contributed by atoms with Gasteiger partial charge in [-0.25, -0.2) is 0 Å². The van der Waals surface area contributed by atoms with Gasteiger partial charge in [0.2, 0.25) is 0 Å². The van der Waals surface area contributed by atoms with E-state index >= 15 is 0 Å². The van der Waals surface area contributed by atoms with Crippen LogP contribution in [-0.4, -0.2) is 7.11 Å². The fourth-order valence-electron chi connectivity index (χ4n) is 1.73. The standard InChI is InChI=1S/C14H11Cl4NO/c1-20-13-5-2-8(15)6-12(13)19-7-9-10(16)3-4-11(17)14(9)18/h2-6,19H,7H2,1H3. The van der Waals surface area contributed by atoms with E-state index < -0.39 is 0 Å². The van der Waals surface area contributed by atoms with Crippen LogP contribution in [-0.2, 0) is 6.54 Å². The molecule has 0 saturated heterocycles. The first-order valence-corrected chi connectivity index (χ1v) is 7.24. The van der Waals surface area contributed by atoms with Crippen molar-refractivity contribution in [1.82, 2.24) is 0 Å². The maximum Gasteiger partial charge on any atom is 0.142 e. The van der Waals surface area contributed by atoms with Crippen molar-refractivity contribution in [2.75, 3.05) is 12.4 Å². The summed E-state index contributed by atoms with van der Waals surface area (Å²) in [5.41, 5.74) is 1.48. The van der Waals surface area contributed by atoms with Crippen LogP contribution in [0.4, 0.5) is 5.69 Å². The van der Waals surface area contributed by atoms with Gasteiger partial charge in [-0.2, -0.15) is 0 Å².